The highest BCUT2D eigenvalue weighted by atomic mass is 35.5. The van der Waals surface area contributed by atoms with Gasteiger partial charge in [-0.1, -0.05) is 24.6 Å². The lowest BCUT2D eigenvalue weighted by Crippen LogP contribution is -2.41. The maximum atomic E-state index is 6.11. The monoisotopic (exact) mass is 254 g/mol. The van der Waals surface area contributed by atoms with Crippen LogP contribution in [0.3, 0.4) is 0 Å². The van der Waals surface area contributed by atoms with Gasteiger partial charge in [-0.2, -0.15) is 0 Å². The Morgan fingerprint density at radius 2 is 2.00 bits per heavy atom. The van der Waals surface area contributed by atoms with Gasteiger partial charge in [0.2, 0.25) is 0 Å². The van der Waals surface area contributed by atoms with Crippen LogP contribution >= 0.6 is 11.6 Å². The minimum Gasteiger partial charge on any atom is -0.369 e. The van der Waals surface area contributed by atoms with Gasteiger partial charge in [-0.15, -0.1) is 0 Å². The second-order valence-corrected chi connectivity index (χ2v) is 5.46. The Labute approximate surface area is 110 Å². The third kappa shape index (κ3) is 3.36. The number of nitrogens with zero attached hydrogens (tertiary/aromatic N) is 1. The molecule has 0 saturated carbocycles. The van der Waals surface area contributed by atoms with Gasteiger partial charge in [0.05, 0.1) is 0 Å². The summed E-state index contributed by atoms with van der Waals surface area (Å²) in [6.45, 7) is 7.56. The summed E-state index contributed by atoms with van der Waals surface area (Å²) in [5, 5.41) is 3.99. The fourth-order valence-corrected chi connectivity index (χ4v) is 1.92. The van der Waals surface area contributed by atoms with Crippen LogP contribution in [0.25, 0.3) is 0 Å². The number of halogens is 1. The van der Waals surface area contributed by atoms with Crippen molar-refractivity contribution < 1.29 is 0 Å². The quantitative estimate of drug-likeness (QED) is 0.862. The van der Waals surface area contributed by atoms with Crippen molar-refractivity contribution in [2.24, 2.45) is 0 Å². The fourth-order valence-electron chi connectivity index (χ4n) is 1.75. The van der Waals surface area contributed by atoms with Crippen molar-refractivity contribution >= 4 is 17.3 Å². The molecule has 0 unspecified atom stereocenters. The van der Waals surface area contributed by atoms with Crippen molar-refractivity contribution in [3.63, 3.8) is 0 Å². The van der Waals surface area contributed by atoms with Crippen molar-refractivity contribution in [3.05, 3.63) is 28.8 Å². The van der Waals surface area contributed by atoms with Crippen LogP contribution in [0.15, 0.2) is 18.2 Å². The fraction of sp³-hybridized carbons (Fsp3) is 0.571. The molecule has 0 aliphatic heterocycles. The zero-order valence-corrected chi connectivity index (χ0v) is 12.2. The van der Waals surface area contributed by atoms with E-state index in [0.29, 0.717) is 0 Å². The lowest BCUT2D eigenvalue weighted by Gasteiger charge is -2.38. The van der Waals surface area contributed by atoms with E-state index in [-0.39, 0.29) is 5.54 Å². The lowest BCUT2D eigenvalue weighted by atomic mass is 9.98. The third-order valence-corrected chi connectivity index (χ3v) is 3.78. The van der Waals surface area contributed by atoms with Gasteiger partial charge in [0.1, 0.15) is 0 Å². The second-order valence-electron chi connectivity index (χ2n) is 5.03. The molecule has 0 spiro atoms. The highest BCUT2D eigenvalue weighted by Gasteiger charge is 2.23. The van der Waals surface area contributed by atoms with E-state index < -0.39 is 0 Å². The molecule has 0 atom stereocenters. The summed E-state index contributed by atoms with van der Waals surface area (Å²) < 4.78 is 0. The van der Waals surface area contributed by atoms with Gasteiger partial charge in [-0.25, -0.2) is 0 Å². The maximum Gasteiger partial charge on any atom is 0.0428 e. The predicted octanol–water partition coefficient (Wildman–Crippen LogP) is 3.68. The minimum absolute atomic E-state index is 0.132. The first kappa shape index (κ1) is 14.3. The average Bonchev–Trinajstić information content (AvgIpc) is 2.30. The highest BCUT2D eigenvalue weighted by molar-refractivity contribution is 6.30. The smallest absolute Gasteiger partial charge is 0.0428 e. The maximum absolute atomic E-state index is 6.11. The molecule has 0 aliphatic rings. The molecule has 1 aromatic rings. The zero-order valence-electron chi connectivity index (χ0n) is 11.5. The van der Waals surface area contributed by atoms with E-state index in [1.807, 2.05) is 19.2 Å². The Kier molecular flexibility index (Phi) is 4.84. The normalized spacial score (nSPS) is 11.6. The zero-order chi connectivity index (χ0) is 13.1. The molecule has 2 nitrogen and oxygen atoms in total. The van der Waals surface area contributed by atoms with Crippen molar-refractivity contribution in [2.75, 3.05) is 19.0 Å². The van der Waals surface area contributed by atoms with Crippen molar-refractivity contribution in [1.82, 2.24) is 5.32 Å². The first-order chi connectivity index (χ1) is 7.92. The number of hydrogen-bond acceptors (Lipinski definition) is 2. The summed E-state index contributed by atoms with van der Waals surface area (Å²) in [5.41, 5.74) is 2.62. The molecule has 1 rings (SSSR count). The number of hydrogen-bond donors (Lipinski definition) is 1. The molecular weight excluding hydrogens is 232 g/mol. The number of anilines is 1. The summed E-state index contributed by atoms with van der Waals surface area (Å²) in [7, 11) is 4.09. The van der Waals surface area contributed by atoms with Crippen LogP contribution in [0, 0.1) is 0 Å². The summed E-state index contributed by atoms with van der Waals surface area (Å²) in [4.78, 5) is 2.31. The molecule has 0 amide bonds. The summed E-state index contributed by atoms with van der Waals surface area (Å²) in [5.74, 6) is 0. The van der Waals surface area contributed by atoms with Gasteiger partial charge in [-0.05, 0) is 45.0 Å². The van der Waals surface area contributed by atoms with E-state index in [9.17, 15) is 0 Å². The summed E-state index contributed by atoms with van der Waals surface area (Å²) in [6, 6.07) is 6.09. The molecule has 0 radical (unpaired) electrons. The number of rotatable bonds is 5. The highest BCUT2D eigenvalue weighted by Crippen LogP contribution is 2.30. The molecule has 0 heterocycles. The van der Waals surface area contributed by atoms with E-state index in [1.165, 1.54) is 11.3 Å². The minimum atomic E-state index is 0.132. The van der Waals surface area contributed by atoms with Gasteiger partial charge in [0.15, 0.2) is 0 Å². The van der Waals surface area contributed by atoms with E-state index in [2.05, 4.69) is 44.1 Å². The Morgan fingerprint density at radius 1 is 1.35 bits per heavy atom. The van der Waals surface area contributed by atoms with E-state index >= 15 is 0 Å². The predicted molar refractivity (Wildman–Crippen MR) is 77.0 cm³/mol. The largest absolute Gasteiger partial charge is 0.369 e. The third-order valence-electron chi connectivity index (χ3n) is 3.55. The molecule has 17 heavy (non-hydrogen) atoms. The van der Waals surface area contributed by atoms with E-state index in [0.717, 1.165) is 18.0 Å². The Bertz CT molecular complexity index is 374. The topological polar surface area (TPSA) is 15.3 Å². The molecule has 1 N–H and O–H groups in total. The molecule has 0 fully saturated rings. The number of nitrogens with one attached hydrogen (secondary N) is 1. The Hall–Kier alpha value is -0.730. The van der Waals surface area contributed by atoms with Gasteiger partial charge >= 0.3 is 0 Å². The van der Waals surface area contributed by atoms with Crippen LogP contribution < -0.4 is 10.2 Å². The lowest BCUT2D eigenvalue weighted by molar-refractivity contribution is 0.469. The van der Waals surface area contributed by atoms with Gasteiger partial charge in [0.25, 0.3) is 0 Å². The van der Waals surface area contributed by atoms with Crippen molar-refractivity contribution in [1.29, 1.82) is 0 Å². The van der Waals surface area contributed by atoms with Crippen LogP contribution in [0.1, 0.15) is 32.8 Å². The molecule has 96 valence electrons. The number of benzene rings is 1. The van der Waals surface area contributed by atoms with Gasteiger partial charge in [0, 0.05) is 29.8 Å². The molecule has 0 aliphatic carbocycles. The summed E-state index contributed by atoms with van der Waals surface area (Å²) in [6.07, 6.45) is 1.09. The Morgan fingerprint density at radius 3 is 2.53 bits per heavy atom. The van der Waals surface area contributed by atoms with Crippen LogP contribution in [-0.4, -0.2) is 19.6 Å². The van der Waals surface area contributed by atoms with Crippen LogP contribution in [0.4, 0.5) is 5.69 Å². The molecular formula is C14H23ClN2. The van der Waals surface area contributed by atoms with E-state index in [1.54, 1.807) is 0 Å². The van der Waals surface area contributed by atoms with E-state index in [4.69, 9.17) is 11.6 Å². The molecule has 0 bridgehead atoms. The van der Waals surface area contributed by atoms with Gasteiger partial charge in [-0.3, -0.25) is 0 Å². The SMILES string of the molecule is CCC(C)(C)N(C)c1cc(Cl)ccc1CNC. The van der Waals surface area contributed by atoms with Crippen LogP contribution in [-0.2, 0) is 6.54 Å². The van der Waals surface area contributed by atoms with Crippen molar-refractivity contribution in [2.45, 2.75) is 39.3 Å². The molecule has 0 saturated heterocycles. The molecule has 3 heteroatoms. The van der Waals surface area contributed by atoms with Crippen molar-refractivity contribution in [3.8, 4) is 0 Å². The Balaban J connectivity index is 3.14. The average molecular weight is 255 g/mol. The van der Waals surface area contributed by atoms with Crippen LogP contribution in [0.5, 0.6) is 0 Å². The van der Waals surface area contributed by atoms with Gasteiger partial charge < -0.3 is 10.2 Å². The second kappa shape index (κ2) is 5.74. The van der Waals surface area contributed by atoms with Crippen LogP contribution in [0.2, 0.25) is 5.02 Å². The molecule has 1 aromatic carbocycles. The standard InChI is InChI=1S/C14H23ClN2/c1-6-14(2,3)17(5)13-9-12(15)8-7-11(13)10-16-4/h7-9,16H,6,10H2,1-5H3. The molecule has 0 aromatic heterocycles. The summed E-state index contributed by atoms with van der Waals surface area (Å²) >= 11 is 6.11. The first-order valence-corrected chi connectivity index (χ1v) is 6.47. The first-order valence-electron chi connectivity index (χ1n) is 6.09.